The summed E-state index contributed by atoms with van der Waals surface area (Å²) in [5.74, 6) is -0.690. The van der Waals surface area contributed by atoms with Crippen LogP contribution in [0.25, 0.3) is 6.08 Å². The van der Waals surface area contributed by atoms with Gasteiger partial charge < -0.3 is 4.74 Å². The maximum absolute atomic E-state index is 12.0. The third kappa shape index (κ3) is 3.69. The molecule has 0 bridgehead atoms. The van der Waals surface area contributed by atoms with Gasteiger partial charge in [-0.15, -0.1) is 0 Å². The lowest BCUT2D eigenvalue weighted by Crippen LogP contribution is -2.07. The molecular formula is C19H14N2O4. The van der Waals surface area contributed by atoms with E-state index in [4.69, 9.17) is 4.74 Å². The number of hydrogen-bond acceptors (Lipinski definition) is 5. The molecule has 0 aromatic heterocycles. The number of esters is 1. The summed E-state index contributed by atoms with van der Waals surface area (Å²) in [4.78, 5) is 26.7. The van der Waals surface area contributed by atoms with Crippen LogP contribution in [0.2, 0.25) is 0 Å². The number of carbonyl (C=O) groups is 1. The third-order valence-electron chi connectivity index (χ3n) is 3.51. The zero-order valence-corrected chi connectivity index (χ0v) is 13.4. The Morgan fingerprint density at radius 1 is 1.12 bits per heavy atom. The van der Waals surface area contributed by atoms with Crippen LogP contribution in [0.5, 0.6) is 0 Å². The molecule has 0 aliphatic carbocycles. The Morgan fingerprint density at radius 3 is 2.52 bits per heavy atom. The quantitative estimate of drug-likeness (QED) is 0.368. The average Bonchev–Trinajstić information content (AvgIpc) is 2.96. The lowest BCUT2D eigenvalue weighted by molar-refractivity contribution is -0.385. The minimum atomic E-state index is -0.631. The number of rotatable bonds is 4. The predicted octanol–water partition coefficient (Wildman–Crippen LogP) is 3.89. The Bertz CT molecular complexity index is 927. The van der Waals surface area contributed by atoms with E-state index in [9.17, 15) is 14.9 Å². The Morgan fingerprint density at radius 2 is 1.80 bits per heavy atom. The molecule has 3 rings (SSSR count). The normalized spacial score (nSPS) is 15.9. The van der Waals surface area contributed by atoms with Crippen molar-refractivity contribution in [2.75, 3.05) is 0 Å². The third-order valence-corrected chi connectivity index (χ3v) is 3.51. The van der Waals surface area contributed by atoms with Crippen LogP contribution < -0.4 is 0 Å². The number of nitro groups is 1. The smallest absolute Gasteiger partial charge is 0.363 e. The molecule has 1 aliphatic heterocycles. The molecule has 0 amide bonds. The Labute approximate surface area is 143 Å². The Balaban J connectivity index is 1.93. The van der Waals surface area contributed by atoms with E-state index in [1.165, 1.54) is 12.1 Å². The number of aliphatic imine (C=N–C) groups is 1. The first-order valence-corrected chi connectivity index (χ1v) is 7.54. The number of benzene rings is 2. The van der Waals surface area contributed by atoms with E-state index >= 15 is 0 Å². The molecule has 0 unspecified atom stereocenters. The van der Waals surface area contributed by atoms with E-state index in [-0.39, 0.29) is 22.8 Å². The molecule has 0 saturated carbocycles. The monoisotopic (exact) mass is 334 g/mol. The molecule has 2 aromatic carbocycles. The molecule has 6 heteroatoms. The van der Waals surface area contributed by atoms with E-state index in [2.05, 4.69) is 4.99 Å². The van der Waals surface area contributed by atoms with Crippen LogP contribution in [0.3, 0.4) is 0 Å². The van der Waals surface area contributed by atoms with Crippen molar-refractivity contribution in [1.29, 1.82) is 0 Å². The molecular weight excluding hydrogens is 320 g/mol. The summed E-state index contributed by atoms with van der Waals surface area (Å²) < 4.78 is 5.11. The van der Waals surface area contributed by atoms with Crippen molar-refractivity contribution in [2.24, 2.45) is 4.99 Å². The van der Waals surface area contributed by atoms with Gasteiger partial charge in [0.25, 0.3) is 5.69 Å². The molecule has 0 spiro atoms. The van der Waals surface area contributed by atoms with E-state index in [1.54, 1.807) is 18.2 Å². The lowest BCUT2D eigenvalue weighted by atomic mass is 10.1. The number of allylic oxidation sites excluding steroid dienone is 2. The topological polar surface area (TPSA) is 81.8 Å². The molecule has 6 nitrogen and oxygen atoms in total. The summed E-state index contributed by atoms with van der Waals surface area (Å²) in [5.41, 5.74) is 1.93. The highest BCUT2D eigenvalue weighted by atomic mass is 16.6. The summed E-state index contributed by atoms with van der Waals surface area (Å²) in [6.45, 7) is 1.84. The van der Waals surface area contributed by atoms with Crippen molar-refractivity contribution >= 4 is 23.6 Å². The number of para-hydroxylation sites is 1. The Kier molecular flexibility index (Phi) is 4.52. The highest BCUT2D eigenvalue weighted by molar-refractivity contribution is 6.12. The van der Waals surface area contributed by atoms with Gasteiger partial charge in [-0.25, -0.2) is 9.79 Å². The van der Waals surface area contributed by atoms with Crippen LogP contribution in [0, 0.1) is 10.1 Å². The maximum Gasteiger partial charge on any atom is 0.363 e. The van der Waals surface area contributed by atoms with Crippen LogP contribution in [-0.2, 0) is 9.53 Å². The van der Waals surface area contributed by atoms with E-state index < -0.39 is 10.9 Å². The second kappa shape index (κ2) is 6.92. The van der Waals surface area contributed by atoms with Crippen molar-refractivity contribution in [1.82, 2.24) is 0 Å². The SMILES string of the molecule is CC(=C/c1ccccc1)/C=C1/N=C(c2ccccc2[N+](=O)[O-])OC1=O. The van der Waals surface area contributed by atoms with Gasteiger partial charge in [-0.3, -0.25) is 10.1 Å². The molecule has 0 saturated heterocycles. The zero-order valence-electron chi connectivity index (χ0n) is 13.4. The van der Waals surface area contributed by atoms with E-state index in [0.717, 1.165) is 11.1 Å². The minimum absolute atomic E-state index is 0.0592. The van der Waals surface area contributed by atoms with Crippen LogP contribution in [-0.4, -0.2) is 16.8 Å². The van der Waals surface area contributed by atoms with Gasteiger partial charge in [-0.1, -0.05) is 48.5 Å². The molecule has 0 atom stereocenters. The maximum atomic E-state index is 12.0. The standard InChI is InChI=1S/C19H14N2O4/c1-13(11-14-7-3-2-4-8-14)12-16-19(22)25-18(20-16)15-9-5-6-10-17(15)21(23)24/h2-12H,1H3/b13-11-,16-12+. The van der Waals surface area contributed by atoms with Gasteiger partial charge in [0.05, 0.1) is 4.92 Å². The fourth-order valence-electron chi connectivity index (χ4n) is 2.41. The number of carbonyl (C=O) groups excluding carboxylic acids is 1. The van der Waals surface area contributed by atoms with E-state index in [0.29, 0.717) is 0 Å². The Hall–Kier alpha value is -3.54. The van der Waals surface area contributed by atoms with Crippen molar-refractivity contribution in [3.8, 4) is 0 Å². The van der Waals surface area contributed by atoms with Crippen LogP contribution in [0.15, 0.2) is 76.9 Å². The highest BCUT2D eigenvalue weighted by Gasteiger charge is 2.28. The largest absolute Gasteiger partial charge is 0.402 e. The molecule has 0 N–H and O–H groups in total. The molecule has 124 valence electrons. The highest BCUT2D eigenvalue weighted by Crippen LogP contribution is 2.24. The summed E-state index contributed by atoms with van der Waals surface area (Å²) in [5, 5.41) is 11.1. The molecule has 0 fully saturated rings. The number of cyclic esters (lactones) is 1. The first-order chi connectivity index (χ1) is 12.0. The zero-order chi connectivity index (χ0) is 17.8. The number of hydrogen-bond donors (Lipinski definition) is 0. The van der Waals surface area contributed by atoms with Gasteiger partial charge in [0.15, 0.2) is 5.70 Å². The fraction of sp³-hybridized carbons (Fsp3) is 0.0526. The van der Waals surface area contributed by atoms with Gasteiger partial charge in [0.1, 0.15) is 5.56 Å². The molecule has 1 aliphatic rings. The number of nitro benzene ring substituents is 1. The van der Waals surface area contributed by atoms with Gasteiger partial charge in [-0.05, 0) is 30.2 Å². The van der Waals surface area contributed by atoms with Crippen molar-refractivity contribution in [2.45, 2.75) is 6.92 Å². The lowest BCUT2D eigenvalue weighted by Gasteiger charge is -2.00. The second-order valence-corrected chi connectivity index (χ2v) is 5.41. The molecule has 0 radical (unpaired) electrons. The first-order valence-electron chi connectivity index (χ1n) is 7.54. The minimum Gasteiger partial charge on any atom is -0.402 e. The van der Waals surface area contributed by atoms with E-state index in [1.807, 2.05) is 43.3 Å². The van der Waals surface area contributed by atoms with Crippen molar-refractivity contribution < 1.29 is 14.5 Å². The summed E-state index contributed by atoms with van der Waals surface area (Å²) in [6, 6.07) is 15.6. The molecule has 25 heavy (non-hydrogen) atoms. The molecule has 1 heterocycles. The van der Waals surface area contributed by atoms with Crippen LogP contribution >= 0.6 is 0 Å². The van der Waals surface area contributed by atoms with Crippen molar-refractivity contribution in [3.05, 3.63) is 93.2 Å². The molecule has 2 aromatic rings. The van der Waals surface area contributed by atoms with Gasteiger partial charge in [0.2, 0.25) is 5.90 Å². The number of nitrogens with zero attached hydrogens (tertiary/aromatic N) is 2. The summed E-state index contributed by atoms with van der Waals surface area (Å²) in [6.07, 6.45) is 3.50. The average molecular weight is 334 g/mol. The fourth-order valence-corrected chi connectivity index (χ4v) is 2.41. The second-order valence-electron chi connectivity index (χ2n) is 5.41. The first kappa shape index (κ1) is 16.3. The van der Waals surface area contributed by atoms with Crippen LogP contribution in [0.4, 0.5) is 5.69 Å². The predicted molar refractivity (Wildman–Crippen MR) is 93.9 cm³/mol. The van der Waals surface area contributed by atoms with Gasteiger partial charge in [0, 0.05) is 6.07 Å². The van der Waals surface area contributed by atoms with Crippen molar-refractivity contribution in [3.63, 3.8) is 0 Å². The summed E-state index contributed by atoms with van der Waals surface area (Å²) >= 11 is 0. The number of ether oxygens (including phenoxy) is 1. The summed E-state index contributed by atoms with van der Waals surface area (Å²) in [7, 11) is 0. The van der Waals surface area contributed by atoms with Gasteiger partial charge in [-0.2, -0.15) is 0 Å². The van der Waals surface area contributed by atoms with Gasteiger partial charge >= 0.3 is 5.97 Å². The van der Waals surface area contributed by atoms with Crippen LogP contribution in [0.1, 0.15) is 18.1 Å².